The normalized spacial score (nSPS) is 15.7. The lowest BCUT2D eigenvalue weighted by Crippen LogP contribution is -2.36. The first kappa shape index (κ1) is 17.5. The highest BCUT2D eigenvalue weighted by Crippen LogP contribution is 2.27. The number of rotatable bonds is 6. The van der Waals surface area contributed by atoms with Crippen molar-refractivity contribution in [2.24, 2.45) is 0 Å². The molecule has 0 aliphatic carbocycles. The number of nitrogens with one attached hydrogen (secondary N) is 1. The van der Waals surface area contributed by atoms with Gasteiger partial charge in [-0.1, -0.05) is 35.5 Å². The van der Waals surface area contributed by atoms with Crippen LogP contribution in [0.25, 0.3) is 11.3 Å². The van der Waals surface area contributed by atoms with Crippen LogP contribution >= 0.6 is 0 Å². The van der Waals surface area contributed by atoms with Crippen LogP contribution in [0.5, 0.6) is 0 Å². The Morgan fingerprint density at radius 3 is 2.67 bits per heavy atom. The third-order valence-electron chi connectivity index (χ3n) is 5.05. The highest BCUT2D eigenvalue weighted by atomic mass is 16.5. The van der Waals surface area contributed by atoms with Crippen LogP contribution in [0.1, 0.15) is 40.8 Å². The summed E-state index contributed by atoms with van der Waals surface area (Å²) >= 11 is 0. The van der Waals surface area contributed by atoms with Gasteiger partial charge in [0.25, 0.3) is 5.91 Å². The van der Waals surface area contributed by atoms with Crippen LogP contribution in [0.3, 0.4) is 0 Å². The molecule has 4 rings (SSSR count). The fourth-order valence-electron chi connectivity index (χ4n) is 3.65. The van der Waals surface area contributed by atoms with Crippen molar-refractivity contribution in [2.45, 2.75) is 25.8 Å². The van der Waals surface area contributed by atoms with E-state index in [1.54, 1.807) is 13.2 Å². The molecule has 1 aromatic carbocycles. The maximum Gasteiger partial charge on any atom is 0.257 e. The number of carbonyl (C=O) groups excluding carboxylic acids is 1. The lowest BCUT2D eigenvalue weighted by Gasteiger charge is -2.26. The second-order valence-electron chi connectivity index (χ2n) is 6.81. The highest BCUT2D eigenvalue weighted by molar-refractivity contribution is 6.00. The Balaban J connectivity index is 1.53. The zero-order valence-electron chi connectivity index (χ0n) is 15.4. The van der Waals surface area contributed by atoms with Crippen LogP contribution in [0.15, 0.2) is 57.7 Å². The summed E-state index contributed by atoms with van der Waals surface area (Å²) in [5.41, 5.74) is 1.92. The standard InChI is InChI=1S/C21H23N3O3/c1-15-19(20(23-27-15)16-8-3-2-4-9-16)21(25)22-14-17(18-10-7-13-26-18)24-11-5-6-12-24/h2-4,7-10,13,17H,5-6,11-12,14H2,1H3,(H,22,25)/t17-/m1/s1. The minimum atomic E-state index is -0.177. The largest absolute Gasteiger partial charge is 0.468 e. The van der Waals surface area contributed by atoms with Gasteiger partial charge in [0.1, 0.15) is 22.8 Å². The molecule has 1 aliphatic rings. The number of amides is 1. The molecule has 2 aromatic heterocycles. The topological polar surface area (TPSA) is 71.5 Å². The van der Waals surface area contributed by atoms with Crippen molar-refractivity contribution in [1.82, 2.24) is 15.4 Å². The predicted molar refractivity (Wildman–Crippen MR) is 101 cm³/mol. The molecule has 1 amide bonds. The highest BCUT2D eigenvalue weighted by Gasteiger charge is 2.27. The third-order valence-corrected chi connectivity index (χ3v) is 5.05. The Kier molecular flexibility index (Phi) is 5.07. The van der Waals surface area contributed by atoms with E-state index in [1.165, 1.54) is 12.8 Å². The smallest absolute Gasteiger partial charge is 0.257 e. The van der Waals surface area contributed by atoms with E-state index in [0.29, 0.717) is 23.6 Å². The molecule has 3 aromatic rings. The van der Waals surface area contributed by atoms with Crippen molar-refractivity contribution >= 4 is 5.91 Å². The van der Waals surface area contributed by atoms with E-state index in [1.807, 2.05) is 42.5 Å². The van der Waals surface area contributed by atoms with Gasteiger partial charge in [0, 0.05) is 12.1 Å². The van der Waals surface area contributed by atoms with E-state index in [0.717, 1.165) is 24.4 Å². The molecule has 0 spiro atoms. The summed E-state index contributed by atoms with van der Waals surface area (Å²) in [4.78, 5) is 15.3. The van der Waals surface area contributed by atoms with Gasteiger partial charge in [-0.05, 0) is 45.0 Å². The Bertz CT molecular complexity index is 881. The molecule has 3 heterocycles. The number of benzene rings is 1. The lowest BCUT2D eigenvalue weighted by molar-refractivity contribution is 0.0933. The second-order valence-corrected chi connectivity index (χ2v) is 6.81. The average molecular weight is 365 g/mol. The number of aromatic nitrogens is 1. The monoisotopic (exact) mass is 365 g/mol. The average Bonchev–Trinajstić information content (AvgIpc) is 3.45. The quantitative estimate of drug-likeness (QED) is 0.719. The van der Waals surface area contributed by atoms with E-state index in [4.69, 9.17) is 8.94 Å². The molecule has 27 heavy (non-hydrogen) atoms. The molecule has 1 N–H and O–H groups in total. The maximum absolute atomic E-state index is 12.9. The molecule has 1 fully saturated rings. The van der Waals surface area contributed by atoms with Crippen LogP contribution in [0.4, 0.5) is 0 Å². The van der Waals surface area contributed by atoms with Crippen LogP contribution < -0.4 is 5.32 Å². The molecule has 1 aliphatic heterocycles. The van der Waals surface area contributed by atoms with Crippen molar-refractivity contribution in [2.75, 3.05) is 19.6 Å². The summed E-state index contributed by atoms with van der Waals surface area (Å²) < 4.78 is 10.9. The molecular formula is C21H23N3O3. The minimum absolute atomic E-state index is 0.0341. The number of furan rings is 1. The third kappa shape index (κ3) is 3.66. The zero-order valence-corrected chi connectivity index (χ0v) is 15.4. The maximum atomic E-state index is 12.9. The van der Waals surface area contributed by atoms with Crippen LogP contribution in [0, 0.1) is 6.92 Å². The van der Waals surface area contributed by atoms with Gasteiger partial charge in [-0.2, -0.15) is 0 Å². The summed E-state index contributed by atoms with van der Waals surface area (Å²) in [5, 5.41) is 7.16. The Morgan fingerprint density at radius 2 is 1.96 bits per heavy atom. The minimum Gasteiger partial charge on any atom is -0.468 e. The van der Waals surface area contributed by atoms with Crippen molar-refractivity contribution in [3.05, 3.63) is 65.8 Å². The fraction of sp³-hybridized carbons (Fsp3) is 0.333. The van der Waals surface area contributed by atoms with Gasteiger partial charge in [0.2, 0.25) is 0 Å². The summed E-state index contributed by atoms with van der Waals surface area (Å²) in [6, 6.07) is 13.5. The molecule has 1 saturated heterocycles. The molecule has 0 radical (unpaired) electrons. The first-order valence-corrected chi connectivity index (χ1v) is 9.31. The van der Waals surface area contributed by atoms with E-state index in [9.17, 15) is 4.79 Å². The number of aryl methyl sites for hydroxylation is 1. The van der Waals surface area contributed by atoms with Gasteiger partial charge < -0.3 is 14.3 Å². The van der Waals surface area contributed by atoms with Gasteiger partial charge in [-0.3, -0.25) is 9.69 Å². The molecular weight excluding hydrogens is 342 g/mol. The van der Waals surface area contributed by atoms with E-state index in [2.05, 4.69) is 15.4 Å². The van der Waals surface area contributed by atoms with Crippen LogP contribution in [-0.2, 0) is 0 Å². The first-order chi connectivity index (χ1) is 13.2. The van der Waals surface area contributed by atoms with Crippen LogP contribution in [0.2, 0.25) is 0 Å². The van der Waals surface area contributed by atoms with Crippen molar-refractivity contribution in [1.29, 1.82) is 0 Å². The van der Waals surface area contributed by atoms with Gasteiger partial charge >= 0.3 is 0 Å². The summed E-state index contributed by atoms with van der Waals surface area (Å²) in [7, 11) is 0. The second kappa shape index (κ2) is 7.80. The molecule has 0 unspecified atom stereocenters. The van der Waals surface area contributed by atoms with Gasteiger partial charge in [-0.25, -0.2) is 0 Å². The van der Waals surface area contributed by atoms with Gasteiger partial charge in [-0.15, -0.1) is 0 Å². The van der Waals surface area contributed by atoms with Crippen molar-refractivity contribution in [3.8, 4) is 11.3 Å². The molecule has 0 bridgehead atoms. The Labute approximate surface area is 158 Å². The molecule has 0 saturated carbocycles. The van der Waals surface area contributed by atoms with Crippen molar-refractivity contribution in [3.63, 3.8) is 0 Å². The summed E-state index contributed by atoms with van der Waals surface area (Å²) in [6.45, 7) is 4.27. The zero-order chi connectivity index (χ0) is 18.6. The number of hydrogen-bond acceptors (Lipinski definition) is 5. The summed E-state index contributed by atoms with van der Waals surface area (Å²) in [5.74, 6) is 1.22. The number of likely N-dealkylation sites (tertiary alicyclic amines) is 1. The lowest BCUT2D eigenvalue weighted by atomic mass is 10.1. The Morgan fingerprint density at radius 1 is 1.19 bits per heavy atom. The number of hydrogen-bond donors (Lipinski definition) is 1. The van der Waals surface area contributed by atoms with Crippen molar-refractivity contribution < 1.29 is 13.7 Å². The Hall–Kier alpha value is -2.86. The molecule has 140 valence electrons. The van der Waals surface area contributed by atoms with Gasteiger partial charge in [0.05, 0.1) is 12.3 Å². The first-order valence-electron chi connectivity index (χ1n) is 9.31. The summed E-state index contributed by atoms with van der Waals surface area (Å²) in [6.07, 6.45) is 4.03. The SMILES string of the molecule is Cc1onc(-c2ccccc2)c1C(=O)NC[C@H](c1ccco1)N1CCCC1. The van der Waals surface area contributed by atoms with Gasteiger partial charge in [0.15, 0.2) is 0 Å². The van der Waals surface area contributed by atoms with Crippen LogP contribution in [-0.4, -0.2) is 35.6 Å². The van der Waals surface area contributed by atoms with E-state index in [-0.39, 0.29) is 11.9 Å². The van der Waals surface area contributed by atoms with E-state index >= 15 is 0 Å². The molecule has 1 atom stereocenters. The fourth-order valence-corrected chi connectivity index (χ4v) is 3.65. The number of nitrogens with zero attached hydrogens (tertiary/aromatic N) is 2. The number of carbonyl (C=O) groups is 1. The molecule has 6 heteroatoms. The predicted octanol–water partition coefficient (Wildman–Crippen LogP) is 3.81. The van der Waals surface area contributed by atoms with E-state index < -0.39 is 0 Å². The molecule has 6 nitrogen and oxygen atoms in total.